The van der Waals surface area contributed by atoms with Crippen LogP contribution in [0, 0.1) is 0 Å². The predicted octanol–water partition coefficient (Wildman–Crippen LogP) is 4.61. The molecule has 1 aromatic rings. The van der Waals surface area contributed by atoms with E-state index in [0.717, 1.165) is 25.3 Å². The molecular weight excluding hydrogens is 316 g/mol. The van der Waals surface area contributed by atoms with Gasteiger partial charge < -0.3 is 10.2 Å². The van der Waals surface area contributed by atoms with E-state index in [9.17, 15) is 4.79 Å². The number of nitrogens with zero attached hydrogens (tertiary/aromatic N) is 1. The number of nitrogens with one attached hydrogen (secondary N) is 1. The van der Waals surface area contributed by atoms with Crippen molar-refractivity contribution >= 4 is 23.4 Å². The number of fused-ring (bicyclic) bond motifs is 1. The molecule has 0 aromatic heterocycles. The molecule has 4 heteroatoms. The third-order valence-electron chi connectivity index (χ3n) is 5.13. The summed E-state index contributed by atoms with van der Waals surface area (Å²) < 4.78 is 0. The van der Waals surface area contributed by atoms with Gasteiger partial charge in [0.1, 0.15) is 0 Å². The standard InChI is InChI=1S/C20H30N2OS/c23-20(21-17-9-4-2-1-3-5-10-17)13-8-14-22-15-16-24-19-12-7-6-11-18(19)22/h6-7,11-12,17H,1-5,8-10,13-16H2,(H,21,23). The Labute approximate surface area is 150 Å². The maximum absolute atomic E-state index is 12.3. The first-order valence-electron chi connectivity index (χ1n) is 9.59. The fourth-order valence-electron chi connectivity index (χ4n) is 3.79. The highest BCUT2D eigenvalue weighted by molar-refractivity contribution is 7.99. The first-order valence-corrected chi connectivity index (χ1v) is 10.6. The fourth-order valence-corrected chi connectivity index (χ4v) is 4.84. The van der Waals surface area contributed by atoms with Gasteiger partial charge in [0.25, 0.3) is 0 Å². The van der Waals surface area contributed by atoms with Crippen LogP contribution < -0.4 is 10.2 Å². The predicted molar refractivity (Wildman–Crippen MR) is 103 cm³/mol. The van der Waals surface area contributed by atoms with Crippen LogP contribution in [0.5, 0.6) is 0 Å². The molecule has 0 bridgehead atoms. The summed E-state index contributed by atoms with van der Waals surface area (Å²) >= 11 is 1.94. The minimum absolute atomic E-state index is 0.250. The third kappa shape index (κ3) is 5.17. The first kappa shape index (κ1) is 17.7. The average molecular weight is 347 g/mol. The number of carbonyl (C=O) groups excluding carboxylic acids is 1. The Kier molecular flexibility index (Phi) is 6.88. The molecule has 132 valence electrons. The van der Waals surface area contributed by atoms with Crippen LogP contribution in [0.3, 0.4) is 0 Å². The summed E-state index contributed by atoms with van der Waals surface area (Å²) in [7, 11) is 0. The molecule has 1 saturated carbocycles. The van der Waals surface area contributed by atoms with Gasteiger partial charge in [-0.1, -0.05) is 44.2 Å². The van der Waals surface area contributed by atoms with Gasteiger partial charge in [0.15, 0.2) is 0 Å². The smallest absolute Gasteiger partial charge is 0.220 e. The van der Waals surface area contributed by atoms with Crippen LogP contribution in [0.2, 0.25) is 0 Å². The van der Waals surface area contributed by atoms with Crippen LogP contribution in [0.25, 0.3) is 0 Å². The monoisotopic (exact) mass is 346 g/mol. The molecule has 1 fully saturated rings. The SMILES string of the molecule is O=C(CCCN1CCSc2ccccc21)NC1CCCCCCC1. The molecular formula is C20H30N2OS. The molecule has 24 heavy (non-hydrogen) atoms. The summed E-state index contributed by atoms with van der Waals surface area (Å²) in [5.74, 6) is 1.39. The molecule has 3 nitrogen and oxygen atoms in total. The zero-order valence-corrected chi connectivity index (χ0v) is 15.5. The number of amides is 1. The highest BCUT2D eigenvalue weighted by Gasteiger charge is 2.17. The number of anilines is 1. The summed E-state index contributed by atoms with van der Waals surface area (Å²) in [5.41, 5.74) is 1.34. The van der Waals surface area contributed by atoms with Crippen molar-refractivity contribution < 1.29 is 4.79 Å². The van der Waals surface area contributed by atoms with Gasteiger partial charge in [-0.3, -0.25) is 4.79 Å². The zero-order chi connectivity index (χ0) is 16.6. The van der Waals surface area contributed by atoms with Gasteiger partial charge >= 0.3 is 0 Å². The molecule has 0 saturated heterocycles. The Hall–Kier alpha value is -1.16. The normalized spacial score (nSPS) is 19.2. The minimum Gasteiger partial charge on any atom is -0.370 e. The van der Waals surface area contributed by atoms with E-state index in [2.05, 4.69) is 34.5 Å². The number of benzene rings is 1. The molecule has 1 amide bonds. The molecule has 2 aliphatic rings. The van der Waals surface area contributed by atoms with Gasteiger partial charge in [0, 0.05) is 36.2 Å². The maximum Gasteiger partial charge on any atom is 0.220 e. The van der Waals surface area contributed by atoms with Crippen molar-refractivity contribution in [2.75, 3.05) is 23.7 Å². The molecule has 0 spiro atoms. The molecule has 1 aliphatic heterocycles. The van der Waals surface area contributed by atoms with Crippen LogP contribution in [0.1, 0.15) is 57.8 Å². The lowest BCUT2D eigenvalue weighted by atomic mass is 9.96. The number of hydrogen-bond donors (Lipinski definition) is 1. The second-order valence-electron chi connectivity index (χ2n) is 7.02. The number of hydrogen-bond acceptors (Lipinski definition) is 3. The van der Waals surface area contributed by atoms with Gasteiger partial charge in [-0.05, 0) is 31.4 Å². The molecule has 1 N–H and O–H groups in total. The zero-order valence-electron chi connectivity index (χ0n) is 14.6. The lowest BCUT2D eigenvalue weighted by Crippen LogP contribution is -2.36. The van der Waals surface area contributed by atoms with Crippen molar-refractivity contribution in [3.8, 4) is 0 Å². The van der Waals surface area contributed by atoms with E-state index in [0.29, 0.717) is 12.5 Å². The Balaban J connectivity index is 1.41. The van der Waals surface area contributed by atoms with E-state index in [-0.39, 0.29) is 5.91 Å². The Morgan fingerprint density at radius 1 is 1.12 bits per heavy atom. The topological polar surface area (TPSA) is 32.3 Å². The van der Waals surface area contributed by atoms with E-state index < -0.39 is 0 Å². The van der Waals surface area contributed by atoms with E-state index in [4.69, 9.17) is 0 Å². The second-order valence-corrected chi connectivity index (χ2v) is 8.15. The van der Waals surface area contributed by atoms with Gasteiger partial charge in [0.05, 0.1) is 5.69 Å². The van der Waals surface area contributed by atoms with E-state index in [1.54, 1.807) is 0 Å². The van der Waals surface area contributed by atoms with Crippen molar-refractivity contribution in [1.82, 2.24) is 5.32 Å². The number of rotatable bonds is 5. The Morgan fingerprint density at radius 3 is 2.71 bits per heavy atom. The summed E-state index contributed by atoms with van der Waals surface area (Å²) in [6, 6.07) is 9.05. The van der Waals surface area contributed by atoms with Gasteiger partial charge in [0.2, 0.25) is 5.91 Å². The first-order chi connectivity index (χ1) is 11.8. The van der Waals surface area contributed by atoms with E-state index in [1.807, 2.05) is 11.8 Å². The second kappa shape index (κ2) is 9.36. The summed E-state index contributed by atoms with van der Waals surface area (Å²) in [5, 5.41) is 3.28. The van der Waals surface area contributed by atoms with E-state index >= 15 is 0 Å². The van der Waals surface area contributed by atoms with Crippen LogP contribution >= 0.6 is 11.8 Å². The highest BCUT2D eigenvalue weighted by atomic mass is 32.2. The van der Waals surface area contributed by atoms with Gasteiger partial charge in [-0.25, -0.2) is 0 Å². The molecule has 0 radical (unpaired) electrons. The quantitative estimate of drug-likeness (QED) is 0.845. The highest BCUT2D eigenvalue weighted by Crippen LogP contribution is 2.34. The molecule has 0 unspecified atom stereocenters. The van der Waals surface area contributed by atoms with Crippen molar-refractivity contribution in [3.05, 3.63) is 24.3 Å². The van der Waals surface area contributed by atoms with Crippen molar-refractivity contribution in [1.29, 1.82) is 0 Å². The largest absolute Gasteiger partial charge is 0.370 e. The lowest BCUT2D eigenvalue weighted by molar-refractivity contribution is -0.122. The molecule has 3 rings (SSSR count). The van der Waals surface area contributed by atoms with Crippen LogP contribution in [0.4, 0.5) is 5.69 Å². The minimum atomic E-state index is 0.250. The Morgan fingerprint density at radius 2 is 1.88 bits per heavy atom. The Bertz CT molecular complexity index is 526. The van der Waals surface area contributed by atoms with Gasteiger partial charge in [-0.15, -0.1) is 11.8 Å². The van der Waals surface area contributed by atoms with Crippen LogP contribution in [0.15, 0.2) is 29.2 Å². The average Bonchev–Trinajstić information content (AvgIpc) is 2.57. The maximum atomic E-state index is 12.3. The number of para-hydroxylation sites is 1. The van der Waals surface area contributed by atoms with Crippen molar-refractivity contribution in [3.63, 3.8) is 0 Å². The van der Waals surface area contributed by atoms with Crippen LogP contribution in [-0.2, 0) is 4.79 Å². The molecule has 1 aliphatic carbocycles. The molecule has 1 heterocycles. The lowest BCUT2D eigenvalue weighted by Gasteiger charge is -2.30. The van der Waals surface area contributed by atoms with E-state index in [1.165, 1.54) is 55.5 Å². The molecule has 1 aromatic carbocycles. The fraction of sp³-hybridized carbons (Fsp3) is 0.650. The number of carbonyl (C=O) groups is 1. The summed E-state index contributed by atoms with van der Waals surface area (Å²) in [6.45, 7) is 2.07. The van der Waals surface area contributed by atoms with Crippen molar-refractivity contribution in [2.45, 2.75) is 68.7 Å². The van der Waals surface area contributed by atoms with Crippen molar-refractivity contribution in [2.24, 2.45) is 0 Å². The summed E-state index contributed by atoms with van der Waals surface area (Å²) in [6.07, 6.45) is 10.5. The molecule has 0 atom stereocenters. The number of thioether (sulfide) groups is 1. The third-order valence-corrected chi connectivity index (χ3v) is 6.17. The van der Waals surface area contributed by atoms with Gasteiger partial charge in [-0.2, -0.15) is 0 Å². The summed E-state index contributed by atoms with van der Waals surface area (Å²) in [4.78, 5) is 16.1. The van der Waals surface area contributed by atoms with Crippen LogP contribution in [-0.4, -0.2) is 30.8 Å².